The lowest BCUT2D eigenvalue weighted by atomic mass is 9.90. The van der Waals surface area contributed by atoms with Gasteiger partial charge in [0.05, 0.1) is 6.54 Å². The number of ether oxygens (including phenoxy) is 2. The van der Waals surface area contributed by atoms with Crippen LogP contribution in [0.15, 0.2) is 66.2 Å². The smallest absolute Gasteiger partial charge is 0.410 e. The molecular formula is C33H41N3O5. The van der Waals surface area contributed by atoms with Crippen LogP contribution in [0.2, 0.25) is 0 Å². The number of benzene rings is 2. The van der Waals surface area contributed by atoms with Crippen LogP contribution in [-0.2, 0) is 4.74 Å². The fraction of sp³-hybridized carbons (Fsp3) is 0.485. The van der Waals surface area contributed by atoms with Gasteiger partial charge >= 0.3 is 6.09 Å². The van der Waals surface area contributed by atoms with Crippen LogP contribution in [0.1, 0.15) is 67.2 Å². The molecule has 8 nitrogen and oxygen atoms in total. The molecule has 2 saturated heterocycles. The lowest BCUT2D eigenvalue weighted by Gasteiger charge is -2.40. The van der Waals surface area contributed by atoms with E-state index >= 15 is 0 Å². The zero-order valence-corrected chi connectivity index (χ0v) is 24.4. The summed E-state index contributed by atoms with van der Waals surface area (Å²) in [5.41, 5.74) is 2.27. The van der Waals surface area contributed by atoms with E-state index in [4.69, 9.17) is 9.47 Å². The molecule has 0 saturated carbocycles. The first-order valence-electron chi connectivity index (χ1n) is 14.7. The van der Waals surface area contributed by atoms with Crippen molar-refractivity contribution in [2.75, 3.05) is 39.3 Å². The number of hydrogen-bond donors (Lipinski definition) is 0. The first-order chi connectivity index (χ1) is 19.6. The molecule has 0 aliphatic carbocycles. The number of likely N-dealkylation sites (tertiary alicyclic amines) is 2. The second-order valence-electron chi connectivity index (χ2n) is 12.3. The fourth-order valence-corrected chi connectivity index (χ4v) is 5.67. The monoisotopic (exact) mass is 559 g/mol. The van der Waals surface area contributed by atoms with Crippen molar-refractivity contribution < 1.29 is 23.9 Å². The molecule has 218 valence electrons. The maximum absolute atomic E-state index is 13.0. The van der Waals surface area contributed by atoms with E-state index < -0.39 is 5.60 Å². The summed E-state index contributed by atoms with van der Waals surface area (Å²) in [6.07, 6.45) is 5.37. The lowest BCUT2D eigenvalue weighted by Crippen LogP contribution is -2.50. The van der Waals surface area contributed by atoms with Crippen LogP contribution >= 0.6 is 0 Å². The van der Waals surface area contributed by atoms with E-state index in [1.54, 1.807) is 4.90 Å². The summed E-state index contributed by atoms with van der Waals surface area (Å²) < 4.78 is 11.5. The molecule has 5 rings (SSSR count). The van der Waals surface area contributed by atoms with Crippen molar-refractivity contribution in [1.82, 2.24) is 14.7 Å². The molecule has 2 fully saturated rings. The third-order valence-electron chi connectivity index (χ3n) is 7.84. The second-order valence-corrected chi connectivity index (χ2v) is 12.3. The molecule has 0 spiro atoms. The first kappa shape index (κ1) is 28.7. The van der Waals surface area contributed by atoms with Crippen LogP contribution in [0, 0.1) is 5.92 Å². The van der Waals surface area contributed by atoms with Gasteiger partial charge in [0.2, 0.25) is 0 Å². The van der Waals surface area contributed by atoms with Gasteiger partial charge in [-0.3, -0.25) is 9.59 Å². The molecule has 0 bridgehead atoms. The summed E-state index contributed by atoms with van der Waals surface area (Å²) in [4.78, 5) is 43.7. The molecule has 0 radical (unpaired) electrons. The van der Waals surface area contributed by atoms with Crippen molar-refractivity contribution in [3.63, 3.8) is 0 Å². The van der Waals surface area contributed by atoms with Crippen molar-refractivity contribution >= 4 is 17.9 Å². The minimum absolute atomic E-state index is 0.0410. The molecular weight excluding hydrogens is 518 g/mol. The highest BCUT2D eigenvalue weighted by Gasteiger charge is 2.33. The SMILES string of the molecule is CC(C)(C)OC(=O)N1CC[C@H](Oc2ccc(C(=O)N3CC(CC4=CCCN(C(=O)c5ccccc5)CC4)C3)cc2)C1. The highest BCUT2D eigenvalue weighted by Crippen LogP contribution is 2.28. The first-order valence-corrected chi connectivity index (χ1v) is 14.7. The van der Waals surface area contributed by atoms with Gasteiger partial charge in [0.25, 0.3) is 11.8 Å². The Hall–Kier alpha value is -3.81. The van der Waals surface area contributed by atoms with E-state index in [0.29, 0.717) is 30.3 Å². The lowest BCUT2D eigenvalue weighted by molar-refractivity contribution is 0.0275. The predicted molar refractivity (Wildman–Crippen MR) is 157 cm³/mol. The van der Waals surface area contributed by atoms with Gasteiger partial charge in [0.15, 0.2) is 0 Å². The number of amides is 3. The number of nitrogens with zero attached hydrogens (tertiary/aromatic N) is 3. The number of rotatable bonds is 6. The van der Waals surface area contributed by atoms with Crippen molar-refractivity contribution in [2.45, 2.75) is 58.2 Å². The summed E-state index contributed by atoms with van der Waals surface area (Å²) in [5.74, 6) is 1.29. The van der Waals surface area contributed by atoms with Gasteiger partial charge in [-0.15, -0.1) is 0 Å². The van der Waals surface area contributed by atoms with Gasteiger partial charge in [-0.2, -0.15) is 0 Å². The topological polar surface area (TPSA) is 79.4 Å². The second kappa shape index (κ2) is 12.4. The summed E-state index contributed by atoms with van der Waals surface area (Å²) in [5, 5.41) is 0. The third kappa shape index (κ3) is 7.48. The standard InChI is InChI=1S/C33H41N3O5/c1-33(2,3)41-32(39)35-19-16-29(23-35)40-28-13-11-27(12-14-28)31(38)36-21-25(22-36)20-24-8-7-17-34(18-15-24)30(37)26-9-5-4-6-10-26/h4-6,8-14,25,29H,7,15-23H2,1-3H3/t29-/m0/s1. The molecule has 2 aromatic carbocycles. The molecule has 0 aromatic heterocycles. The highest BCUT2D eigenvalue weighted by molar-refractivity contribution is 5.95. The van der Waals surface area contributed by atoms with Gasteiger partial charge < -0.3 is 24.2 Å². The number of carbonyl (C=O) groups is 3. The Morgan fingerprint density at radius 2 is 1.49 bits per heavy atom. The minimum Gasteiger partial charge on any atom is -0.489 e. The Labute approximate surface area is 242 Å². The molecule has 8 heteroatoms. The van der Waals surface area contributed by atoms with Gasteiger partial charge in [-0.05, 0) is 82.3 Å². The van der Waals surface area contributed by atoms with Gasteiger partial charge in [-0.1, -0.05) is 29.8 Å². The summed E-state index contributed by atoms with van der Waals surface area (Å²) in [6, 6.07) is 16.8. The van der Waals surface area contributed by atoms with E-state index in [2.05, 4.69) is 6.08 Å². The Balaban J connectivity index is 1.04. The Morgan fingerprint density at radius 3 is 2.20 bits per heavy atom. The minimum atomic E-state index is -0.520. The van der Waals surface area contributed by atoms with E-state index in [-0.39, 0.29) is 24.0 Å². The normalized spacial score (nSPS) is 19.7. The predicted octanol–water partition coefficient (Wildman–Crippen LogP) is 5.40. The fourth-order valence-electron chi connectivity index (χ4n) is 5.67. The summed E-state index contributed by atoms with van der Waals surface area (Å²) >= 11 is 0. The maximum atomic E-state index is 13.0. The van der Waals surface area contributed by atoms with Gasteiger partial charge in [0.1, 0.15) is 17.5 Å². The largest absolute Gasteiger partial charge is 0.489 e. The van der Waals surface area contributed by atoms with Gasteiger partial charge in [0, 0.05) is 50.3 Å². The van der Waals surface area contributed by atoms with Crippen LogP contribution in [-0.4, -0.2) is 83.6 Å². The Kier molecular flexibility index (Phi) is 8.66. The van der Waals surface area contributed by atoms with E-state index in [1.807, 2.05) is 85.2 Å². The van der Waals surface area contributed by atoms with Crippen LogP contribution < -0.4 is 4.74 Å². The molecule has 1 atom stereocenters. The van der Waals surface area contributed by atoms with Crippen LogP contribution in [0.4, 0.5) is 4.79 Å². The van der Waals surface area contributed by atoms with Crippen molar-refractivity contribution in [2.24, 2.45) is 5.92 Å². The molecule has 0 N–H and O–H groups in total. The molecule has 3 aliphatic heterocycles. The molecule has 2 aromatic rings. The Morgan fingerprint density at radius 1 is 0.805 bits per heavy atom. The number of carbonyl (C=O) groups excluding carboxylic acids is 3. The average molecular weight is 560 g/mol. The summed E-state index contributed by atoms with van der Waals surface area (Å²) in [6.45, 7) is 9.66. The number of hydrogen-bond acceptors (Lipinski definition) is 5. The van der Waals surface area contributed by atoms with Crippen molar-refractivity contribution in [3.05, 3.63) is 77.4 Å². The summed E-state index contributed by atoms with van der Waals surface area (Å²) in [7, 11) is 0. The molecule has 0 unspecified atom stereocenters. The maximum Gasteiger partial charge on any atom is 0.410 e. The van der Waals surface area contributed by atoms with Crippen LogP contribution in [0.5, 0.6) is 5.75 Å². The highest BCUT2D eigenvalue weighted by atomic mass is 16.6. The quantitative estimate of drug-likeness (QED) is 0.443. The van der Waals surface area contributed by atoms with Crippen molar-refractivity contribution in [1.29, 1.82) is 0 Å². The van der Waals surface area contributed by atoms with Gasteiger partial charge in [-0.25, -0.2) is 4.79 Å². The van der Waals surface area contributed by atoms with E-state index in [1.165, 1.54) is 5.57 Å². The van der Waals surface area contributed by atoms with E-state index in [0.717, 1.165) is 57.4 Å². The zero-order valence-electron chi connectivity index (χ0n) is 24.4. The molecule has 3 heterocycles. The van der Waals surface area contributed by atoms with Crippen molar-refractivity contribution in [3.8, 4) is 5.75 Å². The van der Waals surface area contributed by atoms with E-state index in [9.17, 15) is 14.4 Å². The van der Waals surface area contributed by atoms with Crippen LogP contribution in [0.3, 0.4) is 0 Å². The average Bonchev–Trinajstić information content (AvgIpc) is 3.27. The third-order valence-corrected chi connectivity index (χ3v) is 7.84. The Bertz CT molecular complexity index is 1260. The molecule has 3 amide bonds. The molecule has 41 heavy (non-hydrogen) atoms. The molecule has 3 aliphatic rings. The zero-order chi connectivity index (χ0) is 29.0. The van der Waals surface area contributed by atoms with Crippen LogP contribution in [0.25, 0.3) is 0 Å².